The van der Waals surface area contributed by atoms with E-state index in [0.717, 1.165) is 56.0 Å². The molecule has 2 atom stereocenters. The van der Waals surface area contributed by atoms with Gasteiger partial charge in [-0.05, 0) is 24.3 Å². The Balaban J connectivity index is 1.49. The third kappa shape index (κ3) is 3.13. The minimum absolute atomic E-state index is 0.205. The van der Waals surface area contributed by atoms with Crippen LogP contribution >= 0.6 is 0 Å². The molecule has 0 fully saturated rings. The molecule has 3 aliphatic rings. The highest BCUT2D eigenvalue weighted by Crippen LogP contribution is 2.42. The Hall–Kier alpha value is -5.22. The fraction of sp³-hybridized carbons (Fsp3) is 0.0556. The van der Waals surface area contributed by atoms with Crippen molar-refractivity contribution >= 4 is 43.6 Å². The van der Waals surface area contributed by atoms with Gasteiger partial charge in [-0.15, -0.1) is 0 Å². The van der Waals surface area contributed by atoms with E-state index >= 15 is 0 Å². The van der Waals surface area contributed by atoms with Gasteiger partial charge in [-0.2, -0.15) is 0 Å². The van der Waals surface area contributed by atoms with Gasteiger partial charge in [0.1, 0.15) is 0 Å². The minimum atomic E-state index is 0.205. The van der Waals surface area contributed by atoms with Gasteiger partial charge in [0.15, 0.2) is 0 Å². The molecule has 2 N–H and O–H groups in total. The molecule has 0 saturated heterocycles. The standard InChI is InChI=1S/C36H24N4/c1-2-10-22-21(9-1)29-17-31-23-11-3-4-12-24(23)33(38-31)19-35-27-15-7-8-16-28(27)36(40-35)20-34-26-14-6-5-13-25(26)32(39-34)18-30(22)37-29/h1-22,38-39H. The first-order valence-corrected chi connectivity index (χ1v) is 13.8. The van der Waals surface area contributed by atoms with Gasteiger partial charge in [0.25, 0.3) is 0 Å². The van der Waals surface area contributed by atoms with E-state index in [1.807, 2.05) is 0 Å². The van der Waals surface area contributed by atoms with Crippen molar-refractivity contribution in [2.75, 3.05) is 0 Å². The molecule has 1 aliphatic carbocycles. The number of hydrogen-bond acceptors (Lipinski definition) is 2. The topological polar surface area (TPSA) is 57.4 Å². The molecule has 0 amide bonds. The van der Waals surface area contributed by atoms with Crippen LogP contribution in [0, 0.1) is 0 Å². The summed E-state index contributed by atoms with van der Waals surface area (Å²) in [5.41, 5.74) is 10.6. The van der Waals surface area contributed by atoms with E-state index in [9.17, 15) is 0 Å². The highest BCUT2D eigenvalue weighted by atomic mass is 14.8. The van der Waals surface area contributed by atoms with E-state index in [1.54, 1.807) is 0 Å². The summed E-state index contributed by atoms with van der Waals surface area (Å²) in [6, 6.07) is 34.5. The Bertz CT molecular complexity index is 2090. The van der Waals surface area contributed by atoms with E-state index in [1.165, 1.54) is 21.5 Å². The fourth-order valence-corrected chi connectivity index (χ4v) is 6.62. The van der Waals surface area contributed by atoms with Gasteiger partial charge < -0.3 is 9.97 Å². The smallest absolute Gasteiger partial charge is 0.0737 e. The van der Waals surface area contributed by atoms with Crippen molar-refractivity contribution in [2.24, 2.45) is 0 Å². The maximum atomic E-state index is 5.25. The maximum absolute atomic E-state index is 5.25. The number of nitrogens with zero attached hydrogens (tertiary/aromatic N) is 2. The molecule has 0 spiro atoms. The van der Waals surface area contributed by atoms with Crippen molar-refractivity contribution in [1.82, 2.24) is 19.9 Å². The van der Waals surface area contributed by atoms with Gasteiger partial charge in [0, 0.05) is 66.6 Å². The fourth-order valence-electron chi connectivity index (χ4n) is 6.62. The maximum Gasteiger partial charge on any atom is 0.0737 e. The number of aromatic amines is 2. The molecule has 40 heavy (non-hydrogen) atoms. The second-order valence-corrected chi connectivity index (χ2v) is 10.8. The molecule has 3 aromatic carbocycles. The third-order valence-electron chi connectivity index (χ3n) is 8.50. The molecule has 9 rings (SSSR count). The van der Waals surface area contributed by atoms with E-state index in [4.69, 9.17) is 9.97 Å². The Morgan fingerprint density at radius 1 is 0.450 bits per heavy atom. The monoisotopic (exact) mass is 512 g/mol. The second-order valence-electron chi connectivity index (χ2n) is 10.8. The molecule has 5 heterocycles. The first-order valence-electron chi connectivity index (χ1n) is 13.8. The summed E-state index contributed by atoms with van der Waals surface area (Å²) in [7, 11) is 0. The molecule has 188 valence electrons. The molecule has 2 aliphatic heterocycles. The number of H-pyrrole nitrogens is 2. The van der Waals surface area contributed by atoms with Crippen LogP contribution in [-0.2, 0) is 0 Å². The number of allylic oxidation sites excluding steroid dienone is 4. The molecule has 4 heteroatoms. The van der Waals surface area contributed by atoms with Crippen LogP contribution in [-0.4, -0.2) is 19.9 Å². The van der Waals surface area contributed by atoms with E-state index in [-0.39, 0.29) is 11.8 Å². The molecular formula is C36H24N4. The number of rotatable bonds is 0. The van der Waals surface area contributed by atoms with E-state index in [0.29, 0.717) is 0 Å². The number of nitrogens with one attached hydrogen (secondary N) is 2. The zero-order valence-electron chi connectivity index (χ0n) is 21.6. The summed E-state index contributed by atoms with van der Waals surface area (Å²) in [6.45, 7) is 0. The molecule has 3 aromatic heterocycles. The van der Waals surface area contributed by atoms with Gasteiger partial charge in [0.2, 0.25) is 0 Å². The predicted molar refractivity (Wildman–Crippen MR) is 164 cm³/mol. The Labute approximate surface area is 230 Å². The lowest BCUT2D eigenvalue weighted by Gasteiger charge is -2.15. The van der Waals surface area contributed by atoms with Gasteiger partial charge in [-0.1, -0.05) is 97.1 Å². The van der Waals surface area contributed by atoms with Crippen molar-refractivity contribution in [2.45, 2.75) is 11.8 Å². The van der Waals surface area contributed by atoms with Crippen LogP contribution in [0.1, 0.15) is 23.2 Å². The average Bonchev–Trinajstić information content (AvgIpc) is 3.73. The molecule has 0 saturated carbocycles. The highest BCUT2D eigenvalue weighted by Gasteiger charge is 2.29. The normalized spacial score (nSPS) is 17.3. The summed E-state index contributed by atoms with van der Waals surface area (Å²) < 4.78 is 0. The largest absolute Gasteiger partial charge is 0.354 e. The number of aromatic nitrogens is 4. The SMILES string of the molecule is C1=CC2c3cc4[nH]c(cc5nc(cc6[nH]c(cc(n3)C2C=C1)c1ccccc61)-c1ccccc1-5)c1ccccc41. The highest BCUT2D eigenvalue weighted by molar-refractivity contribution is 6.09. The Morgan fingerprint density at radius 3 is 1.30 bits per heavy atom. The van der Waals surface area contributed by atoms with Crippen LogP contribution in [0.3, 0.4) is 0 Å². The Morgan fingerprint density at radius 2 is 0.850 bits per heavy atom. The van der Waals surface area contributed by atoms with Gasteiger partial charge in [0.05, 0.1) is 22.8 Å². The molecule has 6 aromatic rings. The van der Waals surface area contributed by atoms with Crippen LogP contribution in [0.25, 0.3) is 66.1 Å². The zero-order chi connectivity index (χ0) is 26.2. The quantitative estimate of drug-likeness (QED) is 0.213. The van der Waals surface area contributed by atoms with Crippen molar-refractivity contribution in [3.05, 3.63) is 133 Å². The number of hydrogen-bond donors (Lipinski definition) is 2. The summed E-state index contributed by atoms with van der Waals surface area (Å²) in [4.78, 5) is 17.9. The first-order chi connectivity index (χ1) is 19.8. The molecular weight excluding hydrogens is 488 g/mol. The second kappa shape index (κ2) is 8.14. The van der Waals surface area contributed by atoms with E-state index in [2.05, 4.69) is 131 Å². The molecule has 2 unspecified atom stereocenters. The van der Waals surface area contributed by atoms with Crippen LogP contribution in [0.4, 0.5) is 0 Å². The summed E-state index contributed by atoms with van der Waals surface area (Å²) >= 11 is 0. The van der Waals surface area contributed by atoms with Crippen LogP contribution in [0.5, 0.6) is 0 Å². The number of fused-ring (bicyclic) bond motifs is 20. The lowest BCUT2D eigenvalue weighted by Crippen LogP contribution is -2.02. The number of benzene rings is 3. The van der Waals surface area contributed by atoms with Crippen molar-refractivity contribution in [3.63, 3.8) is 0 Å². The zero-order valence-corrected chi connectivity index (χ0v) is 21.6. The van der Waals surface area contributed by atoms with E-state index < -0.39 is 0 Å². The lowest BCUT2D eigenvalue weighted by molar-refractivity contribution is 0.769. The lowest BCUT2D eigenvalue weighted by atomic mass is 9.86. The van der Waals surface area contributed by atoms with Gasteiger partial charge >= 0.3 is 0 Å². The van der Waals surface area contributed by atoms with Crippen LogP contribution in [0.2, 0.25) is 0 Å². The van der Waals surface area contributed by atoms with Gasteiger partial charge in [-0.25, -0.2) is 4.98 Å². The Kier molecular flexibility index (Phi) is 4.41. The van der Waals surface area contributed by atoms with Crippen molar-refractivity contribution in [3.8, 4) is 22.5 Å². The molecule has 0 radical (unpaired) electrons. The van der Waals surface area contributed by atoms with Gasteiger partial charge in [-0.3, -0.25) is 4.98 Å². The van der Waals surface area contributed by atoms with Crippen molar-refractivity contribution < 1.29 is 0 Å². The first kappa shape index (κ1) is 21.7. The summed E-state index contributed by atoms with van der Waals surface area (Å²) in [5, 5.41) is 4.74. The minimum Gasteiger partial charge on any atom is -0.354 e. The van der Waals surface area contributed by atoms with Crippen LogP contribution < -0.4 is 0 Å². The predicted octanol–water partition coefficient (Wildman–Crippen LogP) is 8.95. The summed E-state index contributed by atoms with van der Waals surface area (Å²) in [6.07, 6.45) is 8.84. The van der Waals surface area contributed by atoms with Crippen LogP contribution in [0.15, 0.2) is 121 Å². The third-order valence-corrected chi connectivity index (χ3v) is 8.50. The van der Waals surface area contributed by atoms with Crippen molar-refractivity contribution in [1.29, 1.82) is 0 Å². The summed E-state index contributed by atoms with van der Waals surface area (Å²) in [5.74, 6) is 0.410. The average molecular weight is 513 g/mol. The molecule has 8 bridgehead atoms. The molecule has 4 nitrogen and oxygen atoms in total.